The number of benzene rings is 1. The number of nitrogens with one attached hydrogen (secondary N) is 1. The molecule has 1 amide bonds. The van der Waals surface area contributed by atoms with Crippen LogP contribution in [-0.2, 0) is 15.4 Å². The first kappa shape index (κ1) is 21.7. The summed E-state index contributed by atoms with van der Waals surface area (Å²) in [6.45, 7) is 7.47. The monoisotopic (exact) mass is 458 g/mol. The molecule has 1 N–H and O–H groups in total. The Bertz CT molecular complexity index is 1150. The van der Waals surface area contributed by atoms with E-state index in [2.05, 4.69) is 31.0 Å². The van der Waals surface area contributed by atoms with Gasteiger partial charge >= 0.3 is 0 Å². The van der Waals surface area contributed by atoms with Crippen LogP contribution in [0.25, 0.3) is 10.6 Å². The summed E-state index contributed by atoms with van der Waals surface area (Å²) in [4.78, 5) is 15.8. The lowest BCUT2D eigenvalue weighted by Crippen LogP contribution is -2.50. The summed E-state index contributed by atoms with van der Waals surface area (Å²) in [6.07, 6.45) is 0. The molecule has 1 aliphatic rings. The van der Waals surface area contributed by atoms with E-state index in [-0.39, 0.29) is 29.3 Å². The van der Waals surface area contributed by atoms with Gasteiger partial charge in [0, 0.05) is 26.2 Å². The normalized spacial score (nSPS) is 15.9. The first-order valence-electron chi connectivity index (χ1n) is 10.2. The lowest BCUT2D eigenvalue weighted by Gasteiger charge is -2.33. The van der Waals surface area contributed by atoms with Crippen molar-refractivity contribution in [3.63, 3.8) is 0 Å². The standard InChI is InChI=1S/C22H26N4O3S2/c1-22(2,3)16-6-8-17(9-7-16)31(28,29)26-12-10-25(11-13-26)21(27)19-15-18(23-24-19)20-5-4-14-30-20/h4-9,14-15H,10-13H2,1-3H3,(H,23,24). The third-order valence-electron chi connectivity index (χ3n) is 5.47. The van der Waals surface area contributed by atoms with Crippen LogP contribution >= 0.6 is 11.3 Å². The number of aromatic amines is 1. The Morgan fingerprint density at radius 3 is 2.32 bits per heavy atom. The minimum Gasteiger partial charge on any atom is -0.335 e. The smallest absolute Gasteiger partial charge is 0.274 e. The minimum atomic E-state index is -3.59. The van der Waals surface area contributed by atoms with Crippen molar-refractivity contribution in [2.24, 2.45) is 0 Å². The highest BCUT2D eigenvalue weighted by molar-refractivity contribution is 7.89. The van der Waals surface area contributed by atoms with Crippen LogP contribution in [0.4, 0.5) is 0 Å². The third-order valence-corrected chi connectivity index (χ3v) is 8.28. The number of nitrogens with zero attached hydrogens (tertiary/aromatic N) is 3. The molecule has 0 radical (unpaired) electrons. The van der Waals surface area contributed by atoms with Gasteiger partial charge in [-0.3, -0.25) is 9.89 Å². The molecule has 1 fully saturated rings. The number of rotatable bonds is 4. The summed E-state index contributed by atoms with van der Waals surface area (Å²) in [5.41, 5.74) is 2.20. The molecule has 0 bridgehead atoms. The molecule has 0 unspecified atom stereocenters. The Kier molecular flexibility index (Phi) is 5.76. The van der Waals surface area contributed by atoms with Gasteiger partial charge in [0.1, 0.15) is 0 Å². The van der Waals surface area contributed by atoms with Crippen LogP contribution in [-0.4, -0.2) is 59.9 Å². The van der Waals surface area contributed by atoms with Gasteiger partial charge in [0.15, 0.2) is 5.69 Å². The van der Waals surface area contributed by atoms with Gasteiger partial charge in [-0.1, -0.05) is 39.0 Å². The molecule has 2 aromatic heterocycles. The fourth-order valence-corrected chi connectivity index (χ4v) is 5.67. The van der Waals surface area contributed by atoms with Gasteiger partial charge in [0.05, 0.1) is 15.5 Å². The molecule has 1 aliphatic heterocycles. The van der Waals surface area contributed by atoms with E-state index in [1.54, 1.807) is 34.4 Å². The van der Waals surface area contributed by atoms with Gasteiger partial charge in [-0.05, 0) is 40.6 Å². The molecule has 0 spiro atoms. The van der Waals surface area contributed by atoms with Crippen LogP contribution < -0.4 is 0 Å². The molecule has 3 heterocycles. The Labute approximate surface area is 186 Å². The molecule has 31 heavy (non-hydrogen) atoms. The summed E-state index contributed by atoms with van der Waals surface area (Å²) in [6, 6.07) is 12.7. The van der Waals surface area contributed by atoms with Crippen molar-refractivity contribution in [3.05, 3.63) is 59.1 Å². The fourth-order valence-electron chi connectivity index (χ4n) is 3.56. The molecule has 0 aliphatic carbocycles. The van der Waals surface area contributed by atoms with Gasteiger partial charge in [0.25, 0.3) is 5.91 Å². The van der Waals surface area contributed by atoms with Crippen LogP contribution in [0.1, 0.15) is 36.8 Å². The zero-order valence-electron chi connectivity index (χ0n) is 17.8. The minimum absolute atomic E-state index is 0.0378. The van der Waals surface area contributed by atoms with E-state index in [9.17, 15) is 13.2 Å². The number of aromatic nitrogens is 2. The summed E-state index contributed by atoms with van der Waals surface area (Å²) in [5.74, 6) is -0.189. The quantitative estimate of drug-likeness (QED) is 0.647. The molecule has 4 rings (SSSR count). The van der Waals surface area contributed by atoms with Crippen LogP contribution in [0.3, 0.4) is 0 Å². The van der Waals surface area contributed by atoms with Crippen LogP contribution in [0.15, 0.2) is 52.7 Å². The highest BCUT2D eigenvalue weighted by atomic mass is 32.2. The number of carbonyl (C=O) groups excluding carboxylic acids is 1. The van der Waals surface area contributed by atoms with E-state index in [0.29, 0.717) is 18.8 Å². The zero-order chi connectivity index (χ0) is 22.2. The van der Waals surface area contributed by atoms with E-state index in [1.807, 2.05) is 29.6 Å². The van der Waals surface area contributed by atoms with Crippen molar-refractivity contribution < 1.29 is 13.2 Å². The van der Waals surface area contributed by atoms with Crippen LogP contribution in [0, 0.1) is 0 Å². The van der Waals surface area contributed by atoms with Gasteiger partial charge in [-0.15, -0.1) is 11.3 Å². The zero-order valence-corrected chi connectivity index (χ0v) is 19.5. The fraction of sp³-hybridized carbons (Fsp3) is 0.364. The van der Waals surface area contributed by atoms with Gasteiger partial charge < -0.3 is 4.90 Å². The summed E-state index contributed by atoms with van der Waals surface area (Å²) >= 11 is 1.57. The molecule has 0 atom stereocenters. The second-order valence-electron chi connectivity index (χ2n) is 8.61. The van der Waals surface area contributed by atoms with Crippen LogP contribution in [0.2, 0.25) is 0 Å². The van der Waals surface area contributed by atoms with E-state index < -0.39 is 10.0 Å². The van der Waals surface area contributed by atoms with Gasteiger partial charge in [-0.2, -0.15) is 9.40 Å². The number of carbonyl (C=O) groups is 1. The lowest BCUT2D eigenvalue weighted by atomic mass is 9.87. The number of hydrogen-bond donors (Lipinski definition) is 1. The molecule has 0 saturated carbocycles. The van der Waals surface area contributed by atoms with E-state index in [4.69, 9.17) is 0 Å². The lowest BCUT2D eigenvalue weighted by molar-refractivity contribution is 0.0692. The summed E-state index contributed by atoms with van der Waals surface area (Å²) in [7, 11) is -3.59. The summed E-state index contributed by atoms with van der Waals surface area (Å²) in [5, 5.41) is 9.02. The Morgan fingerprint density at radius 2 is 1.74 bits per heavy atom. The first-order chi connectivity index (χ1) is 14.7. The summed E-state index contributed by atoms with van der Waals surface area (Å²) < 4.78 is 27.5. The van der Waals surface area contributed by atoms with E-state index in [0.717, 1.165) is 16.1 Å². The molecule has 1 aromatic carbocycles. The van der Waals surface area contributed by atoms with Crippen molar-refractivity contribution in [2.75, 3.05) is 26.2 Å². The molecular formula is C22H26N4O3S2. The molecule has 3 aromatic rings. The predicted molar refractivity (Wildman–Crippen MR) is 122 cm³/mol. The Hall–Kier alpha value is -2.49. The first-order valence-corrected chi connectivity index (χ1v) is 12.5. The van der Waals surface area contributed by atoms with Gasteiger partial charge in [0.2, 0.25) is 10.0 Å². The molecule has 1 saturated heterocycles. The topological polar surface area (TPSA) is 86.4 Å². The SMILES string of the molecule is CC(C)(C)c1ccc(S(=O)(=O)N2CCN(C(=O)c3cc(-c4cccs4)[nH]n3)CC2)cc1. The maximum Gasteiger partial charge on any atom is 0.274 e. The maximum atomic E-state index is 13.0. The molecule has 164 valence electrons. The number of amides is 1. The Morgan fingerprint density at radius 1 is 1.06 bits per heavy atom. The second kappa shape index (κ2) is 8.22. The van der Waals surface area contributed by atoms with Gasteiger partial charge in [-0.25, -0.2) is 8.42 Å². The highest BCUT2D eigenvalue weighted by Crippen LogP contribution is 2.26. The molecule has 7 nitrogen and oxygen atoms in total. The number of hydrogen-bond acceptors (Lipinski definition) is 5. The maximum absolute atomic E-state index is 13.0. The number of piperazine rings is 1. The van der Waals surface area contributed by atoms with Crippen molar-refractivity contribution >= 4 is 27.3 Å². The van der Waals surface area contributed by atoms with Crippen LogP contribution in [0.5, 0.6) is 0 Å². The number of sulfonamides is 1. The number of thiophene rings is 1. The van der Waals surface area contributed by atoms with E-state index in [1.165, 1.54) is 4.31 Å². The average Bonchev–Trinajstić information content (AvgIpc) is 3.45. The molecule has 9 heteroatoms. The van der Waals surface area contributed by atoms with Crippen molar-refractivity contribution in [1.29, 1.82) is 0 Å². The average molecular weight is 459 g/mol. The second-order valence-corrected chi connectivity index (χ2v) is 11.5. The molecular weight excluding hydrogens is 432 g/mol. The Balaban J connectivity index is 1.41. The largest absolute Gasteiger partial charge is 0.335 e. The predicted octanol–water partition coefficient (Wildman–Crippen LogP) is 3.58. The number of H-pyrrole nitrogens is 1. The van der Waals surface area contributed by atoms with Crippen molar-refractivity contribution in [2.45, 2.75) is 31.1 Å². The highest BCUT2D eigenvalue weighted by Gasteiger charge is 2.31. The van der Waals surface area contributed by atoms with Crippen molar-refractivity contribution in [1.82, 2.24) is 19.4 Å². The van der Waals surface area contributed by atoms with Crippen molar-refractivity contribution in [3.8, 4) is 10.6 Å². The third kappa shape index (κ3) is 4.44. The van der Waals surface area contributed by atoms with E-state index >= 15 is 0 Å².